The Bertz CT molecular complexity index is 563. The second-order valence-corrected chi connectivity index (χ2v) is 5.44. The molecule has 1 N–H and O–H groups in total. The van der Waals surface area contributed by atoms with E-state index < -0.39 is 0 Å². The molecule has 19 heavy (non-hydrogen) atoms. The van der Waals surface area contributed by atoms with E-state index >= 15 is 0 Å². The highest BCUT2D eigenvalue weighted by atomic mass is 79.9. The second kappa shape index (κ2) is 6.35. The Morgan fingerprint density at radius 3 is 2.63 bits per heavy atom. The highest BCUT2D eigenvalue weighted by Gasteiger charge is 2.14. The van der Waals surface area contributed by atoms with E-state index in [0.717, 1.165) is 40.8 Å². The van der Waals surface area contributed by atoms with Gasteiger partial charge >= 0.3 is 0 Å². The second-order valence-electron chi connectivity index (χ2n) is 4.52. The van der Waals surface area contributed by atoms with Crippen LogP contribution in [0.15, 0.2) is 28.7 Å². The molecule has 0 saturated heterocycles. The first-order valence-electron chi connectivity index (χ1n) is 6.62. The predicted octanol–water partition coefficient (Wildman–Crippen LogP) is 3.31. The number of rotatable bonds is 5. The molecule has 0 unspecified atom stereocenters. The fourth-order valence-corrected chi connectivity index (χ4v) is 2.84. The number of nitrogens with zero attached hydrogens (tertiary/aromatic N) is 2. The maximum absolute atomic E-state index is 9.52. The van der Waals surface area contributed by atoms with Crippen LogP contribution in [0.2, 0.25) is 0 Å². The van der Waals surface area contributed by atoms with Crippen molar-refractivity contribution >= 4 is 15.9 Å². The van der Waals surface area contributed by atoms with Crippen molar-refractivity contribution < 1.29 is 5.11 Å². The van der Waals surface area contributed by atoms with Crippen molar-refractivity contribution in [2.24, 2.45) is 0 Å². The van der Waals surface area contributed by atoms with Gasteiger partial charge in [0.05, 0.1) is 18.8 Å². The van der Waals surface area contributed by atoms with Gasteiger partial charge in [0.25, 0.3) is 0 Å². The van der Waals surface area contributed by atoms with Crippen molar-refractivity contribution in [1.29, 1.82) is 0 Å². The molecule has 2 rings (SSSR count). The Hall–Kier alpha value is -1.13. The molecule has 2 aromatic rings. The fraction of sp³-hybridized carbons (Fsp3) is 0.400. The van der Waals surface area contributed by atoms with Gasteiger partial charge in [-0.2, -0.15) is 5.10 Å². The van der Waals surface area contributed by atoms with E-state index in [9.17, 15) is 5.11 Å². The van der Waals surface area contributed by atoms with Crippen LogP contribution >= 0.6 is 15.9 Å². The van der Waals surface area contributed by atoms with Gasteiger partial charge in [-0.05, 0) is 30.5 Å². The Kier molecular flexibility index (Phi) is 4.77. The average Bonchev–Trinajstić information content (AvgIpc) is 2.75. The van der Waals surface area contributed by atoms with Crippen LogP contribution < -0.4 is 0 Å². The third-order valence-electron chi connectivity index (χ3n) is 3.30. The van der Waals surface area contributed by atoms with Crippen molar-refractivity contribution in [3.8, 4) is 0 Å². The first kappa shape index (κ1) is 14.3. The number of aliphatic hydroxyl groups is 1. The molecule has 0 radical (unpaired) electrons. The Morgan fingerprint density at radius 2 is 2.05 bits per heavy atom. The zero-order chi connectivity index (χ0) is 13.8. The molecule has 0 saturated carbocycles. The summed E-state index contributed by atoms with van der Waals surface area (Å²) < 4.78 is 3.10. The van der Waals surface area contributed by atoms with Crippen molar-refractivity contribution in [1.82, 2.24) is 9.78 Å². The van der Waals surface area contributed by atoms with Crippen molar-refractivity contribution in [2.75, 3.05) is 0 Å². The number of hydrogen-bond donors (Lipinski definition) is 1. The highest BCUT2D eigenvalue weighted by molar-refractivity contribution is 9.10. The van der Waals surface area contributed by atoms with Crippen LogP contribution in [0.3, 0.4) is 0 Å². The molecular weight excluding hydrogens is 304 g/mol. The average molecular weight is 323 g/mol. The Labute approximate surface area is 122 Å². The van der Waals surface area contributed by atoms with Crippen LogP contribution in [0.1, 0.15) is 36.4 Å². The molecule has 0 aliphatic rings. The number of benzene rings is 1. The summed E-state index contributed by atoms with van der Waals surface area (Å²) in [6.07, 6.45) is 1.74. The quantitative estimate of drug-likeness (QED) is 0.917. The molecule has 0 fully saturated rings. The maximum Gasteiger partial charge on any atom is 0.0718 e. The Morgan fingerprint density at radius 1 is 1.26 bits per heavy atom. The van der Waals surface area contributed by atoms with Gasteiger partial charge in [-0.3, -0.25) is 4.68 Å². The highest BCUT2D eigenvalue weighted by Crippen LogP contribution is 2.19. The molecule has 0 atom stereocenters. The minimum atomic E-state index is 0.0742. The summed E-state index contributed by atoms with van der Waals surface area (Å²) in [5, 5.41) is 14.2. The molecule has 4 heteroatoms. The predicted molar refractivity (Wildman–Crippen MR) is 80.1 cm³/mol. The third-order valence-corrected chi connectivity index (χ3v) is 3.79. The summed E-state index contributed by atoms with van der Waals surface area (Å²) in [6, 6.07) is 8.24. The van der Waals surface area contributed by atoms with Gasteiger partial charge in [-0.15, -0.1) is 0 Å². The topological polar surface area (TPSA) is 38.0 Å². The van der Waals surface area contributed by atoms with Gasteiger partial charge in [0, 0.05) is 15.7 Å². The smallest absolute Gasteiger partial charge is 0.0718 e. The first-order valence-corrected chi connectivity index (χ1v) is 7.41. The van der Waals surface area contributed by atoms with E-state index in [1.165, 1.54) is 5.56 Å². The van der Waals surface area contributed by atoms with Gasteiger partial charge in [-0.1, -0.05) is 41.9 Å². The number of aryl methyl sites for hydroxylation is 1. The molecule has 102 valence electrons. The molecule has 0 aliphatic heterocycles. The van der Waals surface area contributed by atoms with Gasteiger partial charge in [0.2, 0.25) is 0 Å². The van der Waals surface area contributed by atoms with Crippen LogP contribution in [0, 0.1) is 0 Å². The van der Waals surface area contributed by atoms with Crippen LogP contribution in [0.5, 0.6) is 0 Å². The third kappa shape index (κ3) is 3.07. The summed E-state index contributed by atoms with van der Waals surface area (Å²) >= 11 is 3.49. The number of halogens is 1. The van der Waals surface area contributed by atoms with Crippen LogP contribution in [-0.2, 0) is 26.0 Å². The lowest BCUT2D eigenvalue weighted by Gasteiger charge is -2.07. The molecule has 1 heterocycles. The van der Waals surface area contributed by atoms with Gasteiger partial charge in [0.15, 0.2) is 0 Å². The maximum atomic E-state index is 9.52. The van der Waals surface area contributed by atoms with E-state index in [-0.39, 0.29) is 6.61 Å². The molecular formula is C15H19BrN2O. The van der Waals surface area contributed by atoms with E-state index in [1.54, 1.807) is 0 Å². The molecule has 0 bridgehead atoms. The molecule has 1 aromatic carbocycles. The molecule has 3 nitrogen and oxygen atoms in total. The van der Waals surface area contributed by atoms with Crippen LogP contribution in [-0.4, -0.2) is 14.9 Å². The lowest BCUT2D eigenvalue weighted by molar-refractivity contribution is 0.279. The SMILES string of the molecule is CCc1nn(Cc2cccc(Br)c2)c(CC)c1CO. The normalized spacial score (nSPS) is 10.9. The number of aliphatic hydroxyl groups excluding tert-OH is 1. The number of hydrogen-bond acceptors (Lipinski definition) is 2. The molecule has 0 aliphatic carbocycles. The monoisotopic (exact) mass is 322 g/mol. The van der Waals surface area contributed by atoms with E-state index in [2.05, 4.69) is 47.0 Å². The number of aromatic nitrogens is 2. The van der Waals surface area contributed by atoms with Gasteiger partial charge in [-0.25, -0.2) is 0 Å². The van der Waals surface area contributed by atoms with Crippen molar-refractivity contribution in [2.45, 2.75) is 39.8 Å². The van der Waals surface area contributed by atoms with Gasteiger partial charge < -0.3 is 5.11 Å². The van der Waals surface area contributed by atoms with Crippen molar-refractivity contribution in [3.05, 3.63) is 51.3 Å². The van der Waals surface area contributed by atoms with E-state index in [1.807, 2.05) is 16.8 Å². The van der Waals surface area contributed by atoms with Crippen LogP contribution in [0.4, 0.5) is 0 Å². The first-order chi connectivity index (χ1) is 9.19. The lowest BCUT2D eigenvalue weighted by atomic mass is 10.1. The summed E-state index contributed by atoms with van der Waals surface area (Å²) in [7, 11) is 0. The minimum absolute atomic E-state index is 0.0742. The molecule has 1 aromatic heterocycles. The van der Waals surface area contributed by atoms with Crippen molar-refractivity contribution in [3.63, 3.8) is 0 Å². The summed E-state index contributed by atoms with van der Waals surface area (Å²) in [5.41, 5.74) is 4.35. The fourth-order valence-electron chi connectivity index (χ4n) is 2.39. The molecule has 0 amide bonds. The largest absolute Gasteiger partial charge is 0.392 e. The minimum Gasteiger partial charge on any atom is -0.392 e. The lowest BCUT2D eigenvalue weighted by Crippen LogP contribution is -2.06. The molecule has 0 spiro atoms. The summed E-state index contributed by atoms with van der Waals surface area (Å²) in [5.74, 6) is 0. The zero-order valence-corrected chi connectivity index (χ0v) is 12.9. The summed E-state index contributed by atoms with van der Waals surface area (Å²) in [4.78, 5) is 0. The Balaban J connectivity index is 2.37. The van der Waals surface area contributed by atoms with E-state index in [0.29, 0.717) is 0 Å². The van der Waals surface area contributed by atoms with E-state index in [4.69, 9.17) is 0 Å². The summed E-state index contributed by atoms with van der Waals surface area (Å²) in [6.45, 7) is 5.00. The van der Waals surface area contributed by atoms with Crippen LogP contribution in [0.25, 0.3) is 0 Å². The standard InChI is InChI=1S/C15H19BrN2O/c1-3-14-13(10-19)15(4-2)18(17-14)9-11-6-5-7-12(16)8-11/h5-8,19H,3-4,9-10H2,1-2H3. The van der Waals surface area contributed by atoms with Gasteiger partial charge in [0.1, 0.15) is 0 Å². The zero-order valence-electron chi connectivity index (χ0n) is 11.4.